The minimum absolute atomic E-state index is 0.143. The van der Waals surface area contributed by atoms with E-state index in [-0.39, 0.29) is 5.54 Å². The normalized spacial score (nSPS) is 23.1. The van der Waals surface area contributed by atoms with Gasteiger partial charge in [-0.15, -0.1) is 0 Å². The number of benzene rings is 1. The van der Waals surface area contributed by atoms with Crippen molar-refractivity contribution in [1.29, 1.82) is 0 Å². The van der Waals surface area contributed by atoms with Gasteiger partial charge in [-0.1, -0.05) is 18.2 Å². The zero-order valence-corrected chi connectivity index (χ0v) is 11.3. The molecule has 1 aromatic carbocycles. The lowest BCUT2D eigenvalue weighted by Crippen LogP contribution is -2.39. The largest absolute Gasteiger partial charge is 0.396 e. The molecule has 1 aromatic rings. The monoisotopic (exact) mass is 233 g/mol. The number of aliphatic hydroxyl groups excluding tert-OH is 1. The highest BCUT2D eigenvalue weighted by atomic mass is 16.3. The third-order valence-corrected chi connectivity index (χ3v) is 3.93. The molecule has 1 fully saturated rings. The van der Waals surface area contributed by atoms with Gasteiger partial charge in [0, 0.05) is 30.3 Å². The lowest BCUT2D eigenvalue weighted by molar-refractivity contribution is 0.232. The van der Waals surface area contributed by atoms with Gasteiger partial charge in [-0.25, -0.2) is 0 Å². The molecule has 1 unspecified atom stereocenters. The van der Waals surface area contributed by atoms with Crippen LogP contribution in [0, 0.1) is 19.8 Å². The van der Waals surface area contributed by atoms with Crippen LogP contribution in [0.2, 0.25) is 0 Å². The Labute approximate surface area is 104 Å². The van der Waals surface area contributed by atoms with Crippen molar-refractivity contribution in [2.45, 2.75) is 39.7 Å². The van der Waals surface area contributed by atoms with Crippen molar-refractivity contribution >= 4 is 5.69 Å². The molecule has 2 rings (SSSR count). The number of hydrogen-bond donors (Lipinski definition) is 1. The highest BCUT2D eigenvalue weighted by Gasteiger charge is 2.38. The minimum Gasteiger partial charge on any atom is -0.396 e. The molecule has 0 aromatic heterocycles. The molecule has 0 spiro atoms. The van der Waals surface area contributed by atoms with E-state index in [4.69, 9.17) is 0 Å². The van der Waals surface area contributed by atoms with Gasteiger partial charge in [-0.2, -0.15) is 0 Å². The smallest absolute Gasteiger partial charge is 0.0477 e. The standard InChI is InChI=1S/C15H23NO/c1-11-6-5-7-12(2)14(11)16-9-13(10-17)8-15(16,3)4/h5-7,13,17H,8-10H2,1-4H3. The molecule has 1 heterocycles. The van der Waals surface area contributed by atoms with E-state index in [9.17, 15) is 5.11 Å². The van der Waals surface area contributed by atoms with E-state index in [1.807, 2.05) is 0 Å². The Morgan fingerprint density at radius 2 is 1.88 bits per heavy atom. The fourth-order valence-corrected chi connectivity index (χ4v) is 3.13. The average molecular weight is 233 g/mol. The van der Waals surface area contributed by atoms with Crippen LogP contribution in [0.4, 0.5) is 5.69 Å². The summed E-state index contributed by atoms with van der Waals surface area (Å²) in [6.07, 6.45) is 1.07. The van der Waals surface area contributed by atoms with Crippen LogP contribution in [0.3, 0.4) is 0 Å². The highest BCUT2D eigenvalue weighted by molar-refractivity contribution is 5.61. The van der Waals surface area contributed by atoms with Crippen LogP contribution in [-0.2, 0) is 0 Å². The van der Waals surface area contributed by atoms with E-state index in [2.05, 4.69) is 50.8 Å². The van der Waals surface area contributed by atoms with E-state index < -0.39 is 0 Å². The lowest BCUT2D eigenvalue weighted by Gasteiger charge is -2.36. The number of nitrogens with zero attached hydrogens (tertiary/aromatic N) is 1. The Morgan fingerprint density at radius 3 is 2.35 bits per heavy atom. The second kappa shape index (κ2) is 4.34. The average Bonchev–Trinajstić information content (AvgIpc) is 2.54. The third kappa shape index (κ3) is 2.19. The molecule has 1 N–H and O–H groups in total. The van der Waals surface area contributed by atoms with Crippen molar-refractivity contribution in [2.75, 3.05) is 18.1 Å². The van der Waals surface area contributed by atoms with Gasteiger partial charge in [0.1, 0.15) is 0 Å². The lowest BCUT2D eigenvalue weighted by atomic mass is 9.96. The van der Waals surface area contributed by atoms with Crippen molar-refractivity contribution in [2.24, 2.45) is 5.92 Å². The second-order valence-corrected chi connectivity index (χ2v) is 5.92. The number of aryl methyl sites for hydroxylation is 2. The minimum atomic E-state index is 0.143. The van der Waals surface area contributed by atoms with Gasteiger partial charge < -0.3 is 10.0 Å². The summed E-state index contributed by atoms with van der Waals surface area (Å²) in [7, 11) is 0. The summed E-state index contributed by atoms with van der Waals surface area (Å²) in [6, 6.07) is 6.45. The Hall–Kier alpha value is -1.02. The summed E-state index contributed by atoms with van der Waals surface area (Å²) >= 11 is 0. The van der Waals surface area contributed by atoms with Crippen molar-refractivity contribution in [1.82, 2.24) is 0 Å². The van der Waals surface area contributed by atoms with E-state index >= 15 is 0 Å². The first-order valence-corrected chi connectivity index (χ1v) is 6.40. The van der Waals surface area contributed by atoms with Crippen LogP contribution in [0.15, 0.2) is 18.2 Å². The van der Waals surface area contributed by atoms with Crippen molar-refractivity contribution in [3.05, 3.63) is 29.3 Å². The van der Waals surface area contributed by atoms with Crippen molar-refractivity contribution in [3.63, 3.8) is 0 Å². The number of aliphatic hydroxyl groups is 1. The third-order valence-electron chi connectivity index (χ3n) is 3.93. The summed E-state index contributed by atoms with van der Waals surface area (Å²) in [5.74, 6) is 0.406. The van der Waals surface area contributed by atoms with Gasteiger partial charge in [0.2, 0.25) is 0 Å². The molecule has 0 saturated carbocycles. The Morgan fingerprint density at radius 1 is 1.29 bits per heavy atom. The zero-order valence-electron chi connectivity index (χ0n) is 11.3. The predicted octanol–water partition coefficient (Wildman–Crippen LogP) is 2.90. The molecule has 1 aliphatic rings. The topological polar surface area (TPSA) is 23.5 Å². The molecule has 0 bridgehead atoms. The second-order valence-electron chi connectivity index (χ2n) is 5.92. The maximum atomic E-state index is 9.37. The van der Waals surface area contributed by atoms with E-state index in [0.29, 0.717) is 12.5 Å². The Kier molecular flexibility index (Phi) is 3.17. The first kappa shape index (κ1) is 12.4. The van der Waals surface area contributed by atoms with Crippen molar-refractivity contribution in [3.8, 4) is 0 Å². The Balaban J connectivity index is 2.40. The first-order valence-electron chi connectivity index (χ1n) is 6.40. The van der Waals surface area contributed by atoms with E-state index in [1.54, 1.807) is 0 Å². The van der Waals surface area contributed by atoms with Crippen LogP contribution >= 0.6 is 0 Å². The predicted molar refractivity (Wildman–Crippen MR) is 72.5 cm³/mol. The molecule has 0 radical (unpaired) electrons. The van der Waals surface area contributed by atoms with Gasteiger partial charge in [-0.05, 0) is 45.2 Å². The zero-order chi connectivity index (χ0) is 12.6. The van der Waals surface area contributed by atoms with E-state index in [1.165, 1.54) is 16.8 Å². The fourth-order valence-electron chi connectivity index (χ4n) is 3.13. The molecular weight excluding hydrogens is 210 g/mol. The van der Waals surface area contributed by atoms with Gasteiger partial charge >= 0.3 is 0 Å². The van der Waals surface area contributed by atoms with Crippen molar-refractivity contribution < 1.29 is 5.11 Å². The highest BCUT2D eigenvalue weighted by Crippen LogP contribution is 2.39. The van der Waals surface area contributed by atoms with Crippen LogP contribution in [0.1, 0.15) is 31.4 Å². The van der Waals surface area contributed by atoms with Crippen LogP contribution in [0.25, 0.3) is 0 Å². The summed E-state index contributed by atoms with van der Waals surface area (Å²) in [5.41, 5.74) is 4.16. The van der Waals surface area contributed by atoms with Gasteiger partial charge in [0.05, 0.1) is 0 Å². The quantitative estimate of drug-likeness (QED) is 0.849. The first-order chi connectivity index (χ1) is 7.95. The van der Waals surface area contributed by atoms with Crippen LogP contribution < -0.4 is 4.90 Å². The number of para-hydroxylation sites is 1. The van der Waals surface area contributed by atoms with Crippen LogP contribution in [-0.4, -0.2) is 23.8 Å². The summed E-state index contributed by atoms with van der Waals surface area (Å²) in [6.45, 7) is 10.2. The Bertz CT molecular complexity index is 391. The number of hydrogen-bond acceptors (Lipinski definition) is 2. The molecule has 17 heavy (non-hydrogen) atoms. The molecule has 1 atom stereocenters. The van der Waals surface area contributed by atoms with Gasteiger partial charge in [0.25, 0.3) is 0 Å². The molecule has 1 aliphatic heterocycles. The molecular formula is C15H23NO. The molecule has 94 valence electrons. The number of anilines is 1. The summed E-state index contributed by atoms with van der Waals surface area (Å²) < 4.78 is 0. The summed E-state index contributed by atoms with van der Waals surface area (Å²) in [4.78, 5) is 2.47. The molecule has 2 heteroatoms. The SMILES string of the molecule is Cc1cccc(C)c1N1CC(CO)CC1(C)C. The van der Waals surface area contributed by atoms with Gasteiger partial charge in [0.15, 0.2) is 0 Å². The number of rotatable bonds is 2. The maximum Gasteiger partial charge on any atom is 0.0477 e. The maximum absolute atomic E-state index is 9.37. The molecule has 2 nitrogen and oxygen atoms in total. The molecule has 0 aliphatic carbocycles. The molecule has 0 amide bonds. The van der Waals surface area contributed by atoms with Crippen LogP contribution in [0.5, 0.6) is 0 Å². The van der Waals surface area contributed by atoms with Gasteiger partial charge in [-0.3, -0.25) is 0 Å². The summed E-state index contributed by atoms with van der Waals surface area (Å²) in [5, 5.41) is 9.37. The molecule has 1 saturated heterocycles. The fraction of sp³-hybridized carbons (Fsp3) is 0.600. The van der Waals surface area contributed by atoms with E-state index in [0.717, 1.165) is 13.0 Å².